The maximum atomic E-state index is 13.3. The lowest BCUT2D eigenvalue weighted by Crippen LogP contribution is -2.27. The third kappa shape index (κ3) is 21.3. The van der Waals surface area contributed by atoms with Crippen LogP contribution in [-0.2, 0) is 17.0 Å². The molecule has 3 aromatic heterocycles. The largest absolute Gasteiger partial charge is 0.507 e. The molecule has 0 aliphatic rings. The van der Waals surface area contributed by atoms with Crippen LogP contribution in [0.4, 0.5) is 13.2 Å². The molecule has 9 aromatic carbocycles. The molecule has 22 heteroatoms. The second-order valence-electron chi connectivity index (χ2n) is 30.7. The monoisotopic (exact) mass is 1540 g/mol. The smallest absolute Gasteiger partial charge is 0.416 e. The predicted octanol–water partition coefficient (Wildman–Crippen LogP) is 22.1. The van der Waals surface area contributed by atoms with Crippen molar-refractivity contribution in [3.63, 3.8) is 0 Å². The first kappa shape index (κ1) is 83.7. The molecule has 0 atom stereocenters. The van der Waals surface area contributed by atoms with Crippen LogP contribution in [0.5, 0.6) is 57.5 Å². The molecule has 0 saturated carbocycles. The van der Waals surface area contributed by atoms with Crippen molar-refractivity contribution in [2.24, 2.45) is 5.41 Å². The molecule has 12 rings (SSSR count). The third-order valence-corrected chi connectivity index (χ3v) is 19.1. The van der Waals surface area contributed by atoms with Crippen molar-refractivity contribution in [3.8, 4) is 132 Å². The summed E-state index contributed by atoms with van der Waals surface area (Å²) in [6.45, 7) is 31.3. The van der Waals surface area contributed by atoms with Crippen LogP contribution in [0.3, 0.4) is 0 Å². The van der Waals surface area contributed by atoms with Crippen LogP contribution in [0.15, 0.2) is 170 Å². The molecule has 0 saturated heterocycles. The highest BCUT2D eigenvalue weighted by atomic mass is 19.4. The standard InChI is InChI=1S/C37H47N3O6.C30H34F3N3O.C24H21N3O3/c1-5-9-19-43-26-13-16-29(32(41)23-26)35-38-36(30-17-14-27(24-33(30)42)44-20-10-6-2)40-37(39-35)31-18-15-28(45-21-11-7-3)25-34(31)46-22-12-8-4;1-27(2,3)18-28(4,5)21-15-22(29(6,7)19-11-9-8-10-12-19)26(37)25(17-21)36-34-23-14-13-20(30(31,32)33)16-24(23)35-36;1-13-4-7-16(19(28)10-13)22-25-23(17-8-5-14(2)11-20(17)29)27-24(26-22)18-9-6-15(3)12-21(18)30/h13-18,23-25,41-42H,5-12,19-22H2,1-4H3;8-17,37H,18H2,1-7H3;4-12,28-30H,1-3H3. The Hall–Kier alpha value is -11.8. The third-order valence-electron chi connectivity index (χ3n) is 19.1. The average molecular weight is 1540 g/mol. The number of halogens is 3. The second kappa shape index (κ2) is 36.6. The molecular formula is C91H102F3N9O10. The van der Waals surface area contributed by atoms with E-state index >= 15 is 0 Å². The highest BCUT2D eigenvalue weighted by Gasteiger charge is 2.35. The van der Waals surface area contributed by atoms with Gasteiger partial charge in [-0.15, -0.1) is 15.0 Å². The van der Waals surface area contributed by atoms with Crippen molar-refractivity contribution < 1.29 is 62.8 Å². The van der Waals surface area contributed by atoms with Gasteiger partial charge in [-0.05, 0) is 189 Å². The van der Waals surface area contributed by atoms with Crippen molar-refractivity contribution in [2.75, 3.05) is 26.4 Å². The second-order valence-corrected chi connectivity index (χ2v) is 30.7. The summed E-state index contributed by atoms with van der Waals surface area (Å²) in [7, 11) is 0. The number of nitrogens with zero attached hydrogens (tertiary/aromatic N) is 9. The number of rotatable bonds is 27. The Bertz CT molecular complexity index is 5030. The fourth-order valence-corrected chi connectivity index (χ4v) is 13.0. The lowest BCUT2D eigenvalue weighted by atomic mass is 9.70. The summed E-state index contributed by atoms with van der Waals surface area (Å²) in [5.74, 6) is 4.01. The Morgan fingerprint density at radius 1 is 0.363 bits per heavy atom. The lowest BCUT2D eigenvalue weighted by Gasteiger charge is -2.35. The van der Waals surface area contributed by atoms with Gasteiger partial charge < -0.3 is 49.6 Å². The number of phenolic OH excluding ortho intramolecular Hbond substituents is 6. The topological polar surface area (TPSA) is 266 Å². The van der Waals surface area contributed by atoms with E-state index in [1.807, 2.05) is 113 Å². The quantitative estimate of drug-likeness (QED) is 0.0261. The fraction of sp³-hybridized carbons (Fsp3) is 0.341. The number of aryl methyl sites for hydroxylation is 3. The number of hydrogen-bond donors (Lipinski definition) is 6. The molecule has 0 spiro atoms. The van der Waals surface area contributed by atoms with Gasteiger partial charge >= 0.3 is 6.18 Å². The zero-order valence-corrected chi connectivity index (χ0v) is 66.8. The van der Waals surface area contributed by atoms with Gasteiger partial charge in [-0.1, -0.05) is 156 Å². The van der Waals surface area contributed by atoms with Crippen LogP contribution in [0.25, 0.3) is 85.0 Å². The summed E-state index contributed by atoms with van der Waals surface area (Å²) in [6, 6.07) is 48.5. The molecule has 0 bridgehead atoms. The average Bonchev–Trinajstić information content (AvgIpc) is 1.74. The lowest BCUT2D eigenvalue weighted by molar-refractivity contribution is -0.137. The van der Waals surface area contributed by atoms with Gasteiger partial charge in [-0.25, -0.2) is 29.9 Å². The Morgan fingerprint density at radius 3 is 1.12 bits per heavy atom. The number of unbranched alkanes of at least 4 members (excludes halogenated alkanes) is 4. The van der Waals surface area contributed by atoms with Gasteiger partial charge in [0.15, 0.2) is 34.9 Å². The van der Waals surface area contributed by atoms with Gasteiger partial charge in [0.05, 0.1) is 65.4 Å². The van der Waals surface area contributed by atoms with Crippen molar-refractivity contribution >= 4 is 11.0 Å². The van der Waals surface area contributed by atoms with Gasteiger partial charge in [-0.3, -0.25) is 0 Å². The van der Waals surface area contributed by atoms with E-state index in [2.05, 4.69) is 87.5 Å². The predicted molar refractivity (Wildman–Crippen MR) is 438 cm³/mol. The minimum Gasteiger partial charge on any atom is -0.507 e. The van der Waals surface area contributed by atoms with E-state index in [1.165, 1.54) is 10.9 Å². The molecule has 113 heavy (non-hydrogen) atoms. The van der Waals surface area contributed by atoms with E-state index in [-0.39, 0.29) is 80.0 Å². The van der Waals surface area contributed by atoms with Crippen LogP contribution in [0.2, 0.25) is 0 Å². The van der Waals surface area contributed by atoms with E-state index in [0.717, 1.165) is 97.7 Å². The molecule has 6 N–H and O–H groups in total. The maximum absolute atomic E-state index is 13.3. The number of fused-ring (bicyclic) bond motifs is 1. The van der Waals surface area contributed by atoms with Crippen molar-refractivity contribution in [1.29, 1.82) is 0 Å². The van der Waals surface area contributed by atoms with Crippen LogP contribution < -0.4 is 18.9 Å². The Kier molecular flexibility index (Phi) is 27.1. The van der Waals surface area contributed by atoms with Crippen molar-refractivity contribution in [3.05, 3.63) is 209 Å². The Labute approximate surface area is 659 Å². The highest BCUT2D eigenvalue weighted by Crippen LogP contribution is 2.47. The summed E-state index contributed by atoms with van der Waals surface area (Å²) < 4.78 is 63.6. The Morgan fingerprint density at radius 2 is 0.735 bits per heavy atom. The van der Waals surface area contributed by atoms with Gasteiger partial charge in [-0.2, -0.15) is 13.2 Å². The van der Waals surface area contributed by atoms with Gasteiger partial charge in [0.2, 0.25) is 0 Å². The normalized spacial score (nSPS) is 11.7. The number of aromatic nitrogens is 9. The number of ether oxygens (including phenoxy) is 4. The number of hydrogen-bond acceptors (Lipinski definition) is 18. The first-order chi connectivity index (χ1) is 53.8. The van der Waals surface area contributed by atoms with Gasteiger partial charge in [0.1, 0.15) is 74.2 Å². The summed E-state index contributed by atoms with van der Waals surface area (Å²) in [6.07, 6.45) is 4.09. The molecule has 0 fully saturated rings. The molecule has 0 amide bonds. The van der Waals surface area contributed by atoms with Crippen molar-refractivity contribution in [2.45, 2.75) is 172 Å². The summed E-state index contributed by atoms with van der Waals surface area (Å²) in [5, 5.41) is 73.9. The number of aromatic hydroxyl groups is 6. The van der Waals surface area contributed by atoms with Crippen LogP contribution in [0.1, 0.15) is 173 Å². The molecule has 592 valence electrons. The molecule has 0 aliphatic heterocycles. The first-order valence-electron chi connectivity index (χ1n) is 38.4. The molecule has 0 aliphatic carbocycles. The van der Waals surface area contributed by atoms with E-state index < -0.39 is 17.2 Å². The van der Waals surface area contributed by atoms with Gasteiger partial charge in [0.25, 0.3) is 0 Å². The van der Waals surface area contributed by atoms with E-state index in [4.69, 9.17) is 33.9 Å². The molecule has 0 radical (unpaired) electrons. The van der Waals surface area contributed by atoms with E-state index in [1.54, 1.807) is 72.8 Å². The van der Waals surface area contributed by atoms with Gasteiger partial charge in [0, 0.05) is 29.2 Å². The van der Waals surface area contributed by atoms with Crippen LogP contribution in [0, 0.1) is 26.2 Å². The molecule has 3 heterocycles. The van der Waals surface area contributed by atoms with E-state index in [0.29, 0.717) is 105 Å². The highest BCUT2D eigenvalue weighted by molar-refractivity contribution is 5.78. The minimum atomic E-state index is -4.48. The minimum absolute atomic E-state index is 0.000475. The number of benzene rings is 9. The SMILES string of the molecule is CC(C)(C)CC(C)(C)c1cc(-n2nc3ccc(C(F)(F)F)cc3n2)c(O)c(C(C)(C)c2ccccc2)c1.CCCCOc1ccc(-c2nc(-c3ccc(OCCCC)cc3O)nc(-c3ccc(OCCCC)cc3OCCCC)n2)c(O)c1.Cc1ccc(-c2nc(-c3ccc(C)cc3O)nc(-c3ccc(C)cc3O)n2)c(O)c1. The maximum Gasteiger partial charge on any atom is 0.416 e. The summed E-state index contributed by atoms with van der Waals surface area (Å²) in [4.78, 5) is 29.1. The molecule has 19 nitrogen and oxygen atoms in total. The van der Waals surface area contributed by atoms with E-state index in [9.17, 15) is 43.8 Å². The Balaban J connectivity index is 0.000000184. The summed E-state index contributed by atoms with van der Waals surface area (Å²) >= 11 is 0. The van der Waals surface area contributed by atoms with Crippen LogP contribution >= 0.6 is 0 Å². The zero-order valence-electron chi connectivity index (χ0n) is 66.8. The first-order valence-corrected chi connectivity index (χ1v) is 38.4. The molecule has 0 unspecified atom stereocenters. The van der Waals surface area contributed by atoms with Crippen LogP contribution in [-0.4, -0.2) is 102 Å². The number of alkyl halides is 3. The fourth-order valence-electron chi connectivity index (χ4n) is 13.0. The molecule has 12 aromatic rings. The van der Waals surface area contributed by atoms with Crippen molar-refractivity contribution in [1.82, 2.24) is 44.9 Å². The zero-order chi connectivity index (χ0) is 81.5. The number of phenols is 6. The molecular weight excluding hydrogens is 1440 g/mol. The summed E-state index contributed by atoms with van der Waals surface area (Å²) in [5.41, 5.74) is 7.35.